The molecule has 1 aliphatic heterocycles. The molecule has 1 aliphatic carbocycles. The second kappa shape index (κ2) is 6.38. The van der Waals surface area contributed by atoms with Crippen LogP contribution in [0.1, 0.15) is 23.5 Å². The molecule has 3 heterocycles. The number of hydrogen-bond donors (Lipinski definition) is 3. The number of anilines is 1. The van der Waals surface area contributed by atoms with Crippen LogP contribution in [-0.4, -0.2) is 53.9 Å². The van der Waals surface area contributed by atoms with Crippen molar-refractivity contribution in [1.82, 2.24) is 19.5 Å². The van der Waals surface area contributed by atoms with Gasteiger partial charge in [0.05, 0.1) is 12.2 Å². The van der Waals surface area contributed by atoms with Crippen LogP contribution >= 0.6 is 11.6 Å². The highest BCUT2D eigenvalue weighted by molar-refractivity contribution is 6.18. The molecule has 5 rings (SSSR count). The maximum atomic E-state index is 11.2. The molecule has 1 unspecified atom stereocenters. The van der Waals surface area contributed by atoms with Gasteiger partial charge >= 0.3 is 0 Å². The van der Waals surface area contributed by atoms with Gasteiger partial charge < -0.3 is 20.7 Å². The molecule has 0 saturated carbocycles. The number of fused-ring (bicyclic) bond motifs is 2. The van der Waals surface area contributed by atoms with Crippen LogP contribution in [-0.2, 0) is 16.9 Å². The Morgan fingerprint density at radius 1 is 1.25 bits per heavy atom. The highest BCUT2D eigenvalue weighted by Gasteiger charge is 2.61. The summed E-state index contributed by atoms with van der Waals surface area (Å²) in [7, 11) is 0. The van der Waals surface area contributed by atoms with Gasteiger partial charge in [0.1, 0.15) is 30.2 Å². The minimum absolute atomic E-state index is 0.0537. The summed E-state index contributed by atoms with van der Waals surface area (Å²) in [6.07, 6.45) is 1.41. The van der Waals surface area contributed by atoms with E-state index in [1.807, 2.05) is 18.2 Å². The number of rotatable bonds is 3. The predicted molar refractivity (Wildman–Crippen MR) is 103 cm³/mol. The van der Waals surface area contributed by atoms with E-state index in [4.69, 9.17) is 22.1 Å². The van der Waals surface area contributed by atoms with Crippen molar-refractivity contribution in [1.29, 1.82) is 0 Å². The molecule has 1 saturated heterocycles. The quantitative estimate of drug-likeness (QED) is 0.563. The first-order valence-electron chi connectivity index (χ1n) is 9.19. The third-order valence-electron chi connectivity index (χ3n) is 5.99. The number of nitrogens with two attached hydrogens (primary N) is 1. The van der Waals surface area contributed by atoms with Gasteiger partial charge in [-0.3, -0.25) is 4.57 Å². The molecule has 3 aromatic rings. The van der Waals surface area contributed by atoms with E-state index in [1.165, 1.54) is 11.9 Å². The first-order valence-corrected chi connectivity index (χ1v) is 9.73. The van der Waals surface area contributed by atoms with Gasteiger partial charge in [0.2, 0.25) is 0 Å². The summed E-state index contributed by atoms with van der Waals surface area (Å²) >= 11 is 6.04. The highest BCUT2D eigenvalue weighted by Crippen LogP contribution is 2.52. The number of hydrogen-bond acceptors (Lipinski definition) is 7. The molecule has 9 heteroatoms. The molecule has 1 fully saturated rings. The van der Waals surface area contributed by atoms with Crippen LogP contribution in [0.15, 0.2) is 36.9 Å². The number of halogens is 1. The number of aromatic nitrogens is 4. The van der Waals surface area contributed by atoms with Crippen LogP contribution < -0.4 is 5.73 Å². The van der Waals surface area contributed by atoms with Gasteiger partial charge in [0.25, 0.3) is 0 Å². The number of ether oxygens (including phenoxy) is 1. The summed E-state index contributed by atoms with van der Waals surface area (Å²) in [6.45, 7) is 0. The molecule has 2 aromatic heterocycles. The van der Waals surface area contributed by atoms with Crippen molar-refractivity contribution in [3.8, 4) is 0 Å². The maximum absolute atomic E-state index is 11.2. The summed E-state index contributed by atoms with van der Waals surface area (Å²) < 4.78 is 8.03. The smallest absolute Gasteiger partial charge is 0.183 e. The molecule has 28 heavy (non-hydrogen) atoms. The number of aliphatic hydroxyl groups excluding tert-OH is 2. The van der Waals surface area contributed by atoms with E-state index < -0.39 is 24.0 Å². The second-order valence-corrected chi connectivity index (χ2v) is 7.64. The van der Waals surface area contributed by atoms with Crippen LogP contribution in [0.25, 0.3) is 11.2 Å². The Labute approximate surface area is 166 Å². The van der Waals surface area contributed by atoms with E-state index in [0.29, 0.717) is 11.2 Å². The van der Waals surface area contributed by atoms with Gasteiger partial charge in [-0.2, -0.15) is 0 Å². The average Bonchev–Trinajstić information content (AvgIpc) is 3.39. The second-order valence-electron chi connectivity index (χ2n) is 7.33. The van der Waals surface area contributed by atoms with Crippen LogP contribution in [0, 0.1) is 0 Å². The van der Waals surface area contributed by atoms with Crippen LogP contribution in [0.4, 0.5) is 5.82 Å². The fraction of sp³-hybridized carbons (Fsp3) is 0.421. The molecule has 2 aliphatic rings. The van der Waals surface area contributed by atoms with Crippen molar-refractivity contribution in [2.24, 2.45) is 0 Å². The number of nitrogen functional groups attached to an aromatic ring is 1. The average molecular weight is 402 g/mol. The topological polar surface area (TPSA) is 119 Å². The minimum atomic E-state index is -1.30. The summed E-state index contributed by atoms with van der Waals surface area (Å²) in [5.74, 6) is 0.0840. The fourth-order valence-corrected chi connectivity index (χ4v) is 4.95. The molecule has 0 radical (unpaired) electrons. The fourth-order valence-electron chi connectivity index (χ4n) is 4.70. The van der Waals surface area contributed by atoms with E-state index in [9.17, 15) is 10.2 Å². The third-order valence-corrected chi connectivity index (χ3v) is 6.30. The Kier molecular flexibility index (Phi) is 4.06. The van der Waals surface area contributed by atoms with Crippen LogP contribution in [0.5, 0.6) is 0 Å². The third kappa shape index (κ3) is 2.26. The molecule has 1 aromatic carbocycles. The molecule has 146 valence electrons. The van der Waals surface area contributed by atoms with Crippen molar-refractivity contribution in [2.75, 3.05) is 11.6 Å². The summed E-state index contributed by atoms with van der Waals surface area (Å²) in [4.78, 5) is 12.7. The first kappa shape index (κ1) is 17.8. The maximum Gasteiger partial charge on any atom is 0.183 e. The normalized spacial score (nSPS) is 32.1. The van der Waals surface area contributed by atoms with E-state index in [-0.39, 0.29) is 17.6 Å². The van der Waals surface area contributed by atoms with Gasteiger partial charge in [0.15, 0.2) is 17.2 Å². The van der Waals surface area contributed by atoms with Crippen molar-refractivity contribution >= 4 is 28.6 Å². The van der Waals surface area contributed by atoms with Crippen molar-refractivity contribution < 1.29 is 14.9 Å². The van der Waals surface area contributed by atoms with E-state index in [1.54, 1.807) is 10.9 Å². The van der Waals surface area contributed by atoms with Gasteiger partial charge in [-0.15, -0.1) is 11.6 Å². The SMILES string of the molecule is Nc1ncnc2c1ncn2[C@]1(C2CCc3ccccc32)O[C@H](CCl)[C@@H](O)[C@H]1O. The Hall–Kier alpha value is -2.26. The van der Waals surface area contributed by atoms with Gasteiger partial charge in [0, 0.05) is 5.92 Å². The summed E-state index contributed by atoms with van der Waals surface area (Å²) in [5, 5.41) is 21.9. The standard InChI is InChI=1S/C19H20ClN5O3/c20-7-13-15(26)16(27)19(28-13,12-6-5-10-3-1-2-4-11(10)12)25-9-24-14-17(21)22-8-23-18(14)25/h1-4,8-9,12-13,15-16,26-27H,5-7H2,(H2,21,22,23)/t12?,13-,15-,16-,19-/m1/s1. The lowest BCUT2D eigenvalue weighted by atomic mass is 9.84. The lowest BCUT2D eigenvalue weighted by Crippen LogP contribution is -2.49. The zero-order valence-corrected chi connectivity index (χ0v) is 15.7. The van der Waals surface area contributed by atoms with Crippen molar-refractivity contribution in [2.45, 2.75) is 42.8 Å². The van der Waals surface area contributed by atoms with E-state index in [0.717, 1.165) is 18.4 Å². The minimum Gasteiger partial charge on any atom is -0.387 e. The molecule has 5 atom stereocenters. The van der Waals surface area contributed by atoms with Crippen molar-refractivity contribution in [3.05, 3.63) is 48.0 Å². The largest absolute Gasteiger partial charge is 0.387 e. The lowest BCUT2D eigenvalue weighted by Gasteiger charge is -2.39. The Balaban J connectivity index is 1.76. The molecule has 0 bridgehead atoms. The number of imidazole rings is 1. The molecular formula is C19H20ClN5O3. The monoisotopic (exact) mass is 401 g/mol. The number of alkyl halides is 1. The first-order chi connectivity index (χ1) is 13.6. The van der Waals surface area contributed by atoms with Gasteiger partial charge in [-0.05, 0) is 24.0 Å². The van der Waals surface area contributed by atoms with E-state index >= 15 is 0 Å². The lowest BCUT2D eigenvalue weighted by molar-refractivity contribution is -0.153. The molecular weight excluding hydrogens is 382 g/mol. The number of aryl methyl sites for hydroxylation is 1. The summed E-state index contributed by atoms with van der Waals surface area (Å²) in [6, 6.07) is 8.07. The molecule has 8 nitrogen and oxygen atoms in total. The van der Waals surface area contributed by atoms with Crippen LogP contribution in [0.2, 0.25) is 0 Å². The summed E-state index contributed by atoms with van der Waals surface area (Å²) in [5.41, 5.74) is 7.79. The number of aliphatic hydroxyl groups is 2. The zero-order valence-electron chi connectivity index (χ0n) is 14.9. The Morgan fingerprint density at radius 3 is 2.86 bits per heavy atom. The van der Waals surface area contributed by atoms with Gasteiger partial charge in [-0.25, -0.2) is 15.0 Å². The predicted octanol–water partition coefficient (Wildman–Crippen LogP) is 1.15. The molecule has 0 spiro atoms. The van der Waals surface area contributed by atoms with Crippen LogP contribution in [0.3, 0.4) is 0 Å². The number of benzene rings is 1. The number of nitrogens with zero attached hydrogens (tertiary/aromatic N) is 4. The molecule has 4 N–H and O–H groups in total. The highest BCUT2D eigenvalue weighted by atomic mass is 35.5. The Bertz CT molecular complexity index is 1040. The Morgan fingerprint density at radius 2 is 2.07 bits per heavy atom. The van der Waals surface area contributed by atoms with Crippen molar-refractivity contribution in [3.63, 3.8) is 0 Å². The molecule has 0 amide bonds. The van der Waals surface area contributed by atoms with Gasteiger partial charge in [-0.1, -0.05) is 24.3 Å². The van der Waals surface area contributed by atoms with E-state index in [2.05, 4.69) is 21.0 Å². The zero-order chi connectivity index (χ0) is 19.5.